The van der Waals surface area contributed by atoms with E-state index in [-0.39, 0.29) is 11.4 Å². The minimum Gasteiger partial charge on any atom is -0.467 e. The van der Waals surface area contributed by atoms with E-state index in [0.717, 1.165) is 24.9 Å². The molecule has 0 aliphatic heterocycles. The summed E-state index contributed by atoms with van der Waals surface area (Å²) in [5.41, 5.74) is 0.234. The smallest absolute Gasteiger partial charge is 0.332 e. The van der Waals surface area contributed by atoms with Crippen LogP contribution in [0, 0.1) is 5.41 Å². The molecule has 2 rings (SSSR count). The normalized spacial score (nSPS) is 25.6. The predicted molar refractivity (Wildman–Crippen MR) is 77.1 cm³/mol. The molecule has 0 amide bonds. The van der Waals surface area contributed by atoms with Crippen LogP contribution in [0.15, 0.2) is 30.3 Å². The zero-order valence-corrected chi connectivity index (χ0v) is 12.0. The highest BCUT2D eigenvalue weighted by Gasteiger charge is 2.53. The topological polar surface area (TPSA) is 38.3 Å². The summed E-state index contributed by atoms with van der Waals surface area (Å²) in [6.45, 7) is 4.30. The van der Waals surface area contributed by atoms with Crippen LogP contribution in [0.2, 0.25) is 0 Å². The van der Waals surface area contributed by atoms with Crippen LogP contribution in [0.25, 0.3) is 0 Å². The van der Waals surface area contributed by atoms with Crippen molar-refractivity contribution in [2.45, 2.75) is 45.1 Å². The Balaban J connectivity index is 2.37. The molecule has 1 atom stereocenters. The summed E-state index contributed by atoms with van der Waals surface area (Å²) >= 11 is 0. The van der Waals surface area contributed by atoms with Gasteiger partial charge in [-0.3, -0.25) is 0 Å². The number of hydrogen-bond donors (Lipinski definition) is 1. The van der Waals surface area contributed by atoms with Gasteiger partial charge < -0.3 is 10.1 Å². The maximum absolute atomic E-state index is 12.4. The van der Waals surface area contributed by atoms with Crippen LogP contribution >= 0.6 is 0 Å². The van der Waals surface area contributed by atoms with Crippen LogP contribution in [0.5, 0.6) is 0 Å². The van der Waals surface area contributed by atoms with E-state index in [2.05, 4.69) is 19.2 Å². The minimum atomic E-state index is -0.624. The number of rotatable bonds is 3. The second-order valence-electron chi connectivity index (χ2n) is 5.98. The maximum atomic E-state index is 12.4. The first-order chi connectivity index (χ1) is 9.02. The highest BCUT2D eigenvalue weighted by molar-refractivity contribution is 5.86. The molecule has 3 heteroatoms. The molecular weight excluding hydrogens is 238 g/mol. The molecule has 1 aliphatic carbocycles. The zero-order chi connectivity index (χ0) is 13.9. The fourth-order valence-corrected chi connectivity index (χ4v) is 3.11. The van der Waals surface area contributed by atoms with Crippen molar-refractivity contribution in [1.82, 2.24) is 0 Å². The third-order valence-electron chi connectivity index (χ3n) is 4.42. The van der Waals surface area contributed by atoms with Crippen molar-refractivity contribution in [3.8, 4) is 0 Å². The fraction of sp³-hybridized carbons (Fsp3) is 0.562. The second-order valence-corrected chi connectivity index (χ2v) is 5.98. The molecule has 1 fully saturated rings. The standard InChI is InChI=1S/C16H23NO2/c1-15(2)11-7-8-12-16(15,14(18)19-3)17-13-9-5-4-6-10-13/h4-6,9-10,17H,7-8,11-12H2,1-3H3. The molecule has 0 heterocycles. The lowest BCUT2D eigenvalue weighted by molar-refractivity contribution is -0.152. The molecule has 19 heavy (non-hydrogen) atoms. The fourth-order valence-electron chi connectivity index (χ4n) is 3.11. The number of ether oxygens (including phenoxy) is 1. The Morgan fingerprint density at radius 3 is 2.37 bits per heavy atom. The lowest BCUT2D eigenvalue weighted by Gasteiger charge is -2.48. The van der Waals surface area contributed by atoms with Crippen LogP contribution in [-0.2, 0) is 9.53 Å². The van der Waals surface area contributed by atoms with E-state index < -0.39 is 5.54 Å². The average Bonchev–Trinajstić information content (AvgIpc) is 2.41. The summed E-state index contributed by atoms with van der Waals surface area (Å²) in [5.74, 6) is -0.152. The largest absolute Gasteiger partial charge is 0.467 e. The molecule has 1 aromatic carbocycles. The van der Waals surface area contributed by atoms with Gasteiger partial charge in [-0.25, -0.2) is 4.79 Å². The number of carbonyl (C=O) groups is 1. The van der Waals surface area contributed by atoms with Gasteiger partial charge in [0.2, 0.25) is 0 Å². The third kappa shape index (κ3) is 2.46. The molecule has 0 spiro atoms. The van der Waals surface area contributed by atoms with Crippen molar-refractivity contribution in [2.24, 2.45) is 5.41 Å². The number of carbonyl (C=O) groups excluding carboxylic acids is 1. The number of para-hydroxylation sites is 1. The first-order valence-electron chi connectivity index (χ1n) is 6.93. The van der Waals surface area contributed by atoms with E-state index in [0.29, 0.717) is 0 Å². The van der Waals surface area contributed by atoms with Gasteiger partial charge in [0, 0.05) is 5.69 Å². The molecule has 1 saturated carbocycles. The summed E-state index contributed by atoms with van der Waals surface area (Å²) < 4.78 is 5.10. The molecule has 1 N–H and O–H groups in total. The molecule has 1 unspecified atom stereocenters. The number of esters is 1. The van der Waals surface area contributed by atoms with Gasteiger partial charge in [0.25, 0.3) is 0 Å². The Bertz CT molecular complexity index is 441. The van der Waals surface area contributed by atoms with Gasteiger partial charge in [-0.1, -0.05) is 44.9 Å². The lowest BCUT2D eigenvalue weighted by atomic mass is 9.63. The molecule has 1 aromatic rings. The maximum Gasteiger partial charge on any atom is 0.332 e. The second kappa shape index (κ2) is 5.24. The Labute approximate surface area is 115 Å². The Morgan fingerprint density at radius 2 is 1.79 bits per heavy atom. The monoisotopic (exact) mass is 261 g/mol. The predicted octanol–water partition coefficient (Wildman–Crippen LogP) is 3.61. The molecule has 0 aromatic heterocycles. The van der Waals surface area contributed by atoms with Gasteiger partial charge in [-0.2, -0.15) is 0 Å². The molecule has 0 bridgehead atoms. The number of hydrogen-bond acceptors (Lipinski definition) is 3. The van der Waals surface area contributed by atoms with Gasteiger partial charge in [-0.05, 0) is 30.4 Å². The molecule has 1 aliphatic rings. The van der Waals surface area contributed by atoms with Crippen molar-refractivity contribution in [3.63, 3.8) is 0 Å². The van der Waals surface area contributed by atoms with Gasteiger partial charge in [0.1, 0.15) is 5.54 Å². The van der Waals surface area contributed by atoms with Crippen molar-refractivity contribution in [2.75, 3.05) is 12.4 Å². The van der Waals surface area contributed by atoms with Gasteiger partial charge in [0.05, 0.1) is 7.11 Å². The van der Waals surface area contributed by atoms with Crippen LogP contribution in [-0.4, -0.2) is 18.6 Å². The van der Waals surface area contributed by atoms with E-state index in [1.807, 2.05) is 30.3 Å². The minimum absolute atomic E-state index is 0.117. The van der Waals surface area contributed by atoms with E-state index in [9.17, 15) is 4.79 Å². The molecule has 3 nitrogen and oxygen atoms in total. The summed E-state index contributed by atoms with van der Waals surface area (Å²) in [4.78, 5) is 12.4. The summed E-state index contributed by atoms with van der Waals surface area (Å²) in [6, 6.07) is 9.92. The van der Waals surface area contributed by atoms with Crippen LogP contribution < -0.4 is 5.32 Å². The van der Waals surface area contributed by atoms with E-state index in [1.54, 1.807) is 0 Å². The van der Waals surface area contributed by atoms with Crippen molar-refractivity contribution < 1.29 is 9.53 Å². The Morgan fingerprint density at radius 1 is 1.16 bits per heavy atom. The van der Waals surface area contributed by atoms with E-state index in [4.69, 9.17) is 4.74 Å². The Hall–Kier alpha value is -1.51. The van der Waals surface area contributed by atoms with Crippen molar-refractivity contribution in [3.05, 3.63) is 30.3 Å². The van der Waals surface area contributed by atoms with E-state index >= 15 is 0 Å². The number of methoxy groups -OCH3 is 1. The Kier molecular flexibility index (Phi) is 3.83. The molecule has 0 saturated heterocycles. The van der Waals surface area contributed by atoms with Gasteiger partial charge >= 0.3 is 5.97 Å². The lowest BCUT2D eigenvalue weighted by Crippen LogP contribution is -2.59. The van der Waals surface area contributed by atoms with Crippen molar-refractivity contribution in [1.29, 1.82) is 0 Å². The third-order valence-corrected chi connectivity index (χ3v) is 4.42. The van der Waals surface area contributed by atoms with Crippen molar-refractivity contribution >= 4 is 11.7 Å². The number of benzene rings is 1. The first-order valence-corrected chi connectivity index (χ1v) is 6.93. The number of nitrogens with one attached hydrogen (secondary N) is 1. The zero-order valence-electron chi connectivity index (χ0n) is 12.0. The summed E-state index contributed by atoms with van der Waals surface area (Å²) in [5, 5.41) is 3.46. The SMILES string of the molecule is COC(=O)C1(Nc2ccccc2)CCCCC1(C)C. The quantitative estimate of drug-likeness (QED) is 0.845. The van der Waals surface area contributed by atoms with Crippen LogP contribution in [0.3, 0.4) is 0 Å². The molecule has 0 radical (unpaired) electrons. The molecular formula is C16H23NO2. The highest BCUT2D eigenvalue weighted by atomic mass is 16.5. The average molecular weight is 261 g/mol. The summed E-state index contributed by atoms with van der Waals surface area (Å²) in [7, 11) is 1.47. The number of anilines is 1. The van der Waals surface area contributed by atoms with Crippen LogP contribution in [0.1, 0.15) is 39.5 Å². The first kappa shape index (κ1) is 13.9. The van der Waals surface area contributed by atoms with Crippen LogP contribution in [0.4, 0.5) is 5.69 Å². The van der Waals surface area contributed by atoms with E-state index in [1.165, 1.54) is 13.5 Å². The molecule has 104 valence electrons. The van der Waals surface area contributed by atoms with Gasteiger partial charge in [0.15, 0.2) is 0 Å². The van der Waals surface area contributed by atoms with Gasteiger partial charge in [-0.15, -0.1) is 0 Å². The summed E-state index contributed by atoms with van der Waals surface area (Å²) in [6.07, 6.45) is 4.07. The highest BCUT2D eigenvalue weighted by Crippen LogP contribution is 2.46.